The third-order valence-corrected chi connectivity index (χ3v) is 4.27. The molecule has 1 aromatic heterocycles. The van der Waals surface area contributed by atoms with Gasteiger partial charge in [0.15, 0.2) is 0 Å². The van der Waals surface area contributed by atoms with Crippen LogP contribution in [0.4, 0.5) is 5.69 Å². The molecule has 2 aromatic rings. The van der Waals surface area contributed by atoms with Crippen molar-refractivity contribution in [1.82, 2.24) is 9.78 Å². The first-order chi connectivity index (χ1) is 12.2. The highest BCUT2D eigenvalue weighted by atomic mass is 16.5. The van der Waals surface area contributed by atoms with E-state index in [1.54, 1.807) is 6.20 Å². The van der Waals surface area contributed by atoms with Crippen molar-refractivity contribution >= 4 is 11.6 Å². The van der Waals surface area contributed by atoms with Crippen molar-refractivity contribution in [2.24, 2.45) is 0 Å². The van der Waals surface area contributed by atoms with E-state index in [-0.39, 0.29) is 12.0 Å². The third-order valence-electron chi connectivity index (χ3n) is 4.27. The summed E-state index contributed by atoms with van der Waals surface area (Å²) in [4.78, 5) is 12.1. The molecule has 1 saturated heterocycles. The molecule has 1 fully saturated rings. The lowest BCUT2D eigenvalue weighted by atomic mass is 10.1. The zero-order chi connectivity index (χ0) is 17.5. The van der Waals surface area contributed by atoms with Crippen LogP contribution in [-0.2, 0) is 16.1 Å². The van der Waals surface area contributed by atoms with E-state index in [4.69, 9.17) is 9.47 Å². The Morgan fingerprint density at radius 3 is 2.96 bits per heavy atom. The minimum absolute atomic E-state index is 0.0182. The minimum Gasteiger partial charge on any atom is -0.490 e. The Bertz CT molecular complexity index is 679. The van der Waals surface area contributed by atoms with E-state index in [9.17, 15) is 4.79 Å². The molecule has 0 bridgehead atoms. The maximum atomic E-state index is 12.1. The summed E-state index contributed by atoms with van der Waals surface area (Å²) in [7, 11) is 0. The topological polar surface area (TPSA) is 65.4 Å². The summed E-state index contributed by atoms with van der Waals surface area (Å²) in [6.07, 6.45) is 6.94. The molecular weight excluding hydrogens is 318 g/mol. The molecule has 1 amide bonds. The first kappa shape index (κ1) is 17.5. The molecule has 0 saturated carbocycles. The van der Waals surface area contributed by atoms with Crippen molar-refractivity contribution in [3.8, 4) is 5.75 Å². The number of ether oxygens (including phenoxy) is 2. The number of carbonyl (C=O) groups excluding carboxylic acids is 1. The fourth-order valence-electron chi connectivity index (χ4n) is 2.89. The summed E-state index contributed by atoms with van der Waals surface area (Å²) < 4.78 is 13.2. The van der Waals surface area contributed by atoms with Crippen LogP contribution in [0.1, 0.15) is 31.2 Å². The molecule has 1 aliphatic rings. The van der Waals surface area contributed by atoms with Crippen molar-refractivity contribution in [3.63, 3.8) is 0 Å². The van der Waals surface area contributed by atoms with Gasteiger partial charge in [-0.05, 0) is 43.2 Å². The standard InChI is InChI=1S/C19H25N3O3/c1-15-14-16(5-6-18(15)25-17-7-12-24-13-8-17)21-19(23)4-2-10-22-11-3-9-20-22/h3,5-6,9,11,14,17H,2,4,7-8,10,12-13H2,1H3,(H,21,23). The number of carbonyl (C=O) groups is 1. The molecule has 0 unspecified atom stereocenters. The number of nitrogens with one attached hydrogen (secondary N) is 1. The smallest absolute Gasteiger partial charge is 0.224 e. The summed E-state index contributed by atoms with van der Waals surface area (Å²) in [6, 6.07) is 7.67. The Kier molecular flexibility index (Phi) is 6.06. The van der Waals surface area contributed by atoms with Crippen LogP contribution < -0.4 is 10.1 Å². The molecule has 0 radical (unpaired) electrons. The van der Waals surface area contributed by atoms with E-state index in [1.165, 1.54) is 0 Å². The van der Waals surface area contributed by atoms with Gasteiger partial charge >= 0.3 is 0 Å². The van der Waals surface area contributed by atoms with Gasteiger partial charge in [-0.2, -0.15) is 5.10 Å². The van der Waals surface area contributed by atoms with Crippen LogP contribution >= 0.6 is 0 Å². The van der Waals surface area contributed by atoms with Gasteiger partial charge in [-0.1, -0.05) is 0 Å². The molecule has 6 heteroatoms. The number of hydrogen-bond acceptors (Lipinski definition) is 4. The summed E-state index contributed by atoms with van der Waals surface area (Å²) in [5, 5.41) is 7.08. The van der Waals surface area contributed by atoms with Crippen molar-refractivity contribution in [3.05, 3.63) is 42.2 Å². The Labute approximate surface area is 148 Å². The molecule has 6 nitrogen and oxygen atoms in total. The van der Waals surface area contributed by atoms with Crippen molar-refractivity contribution < 1.29 is 14.3 Å². The van der Waals surface area contributed by atoms with Crippen LogP contribution in [0.2, 0.25) is 0 Å². The first-order valence-corrected chi connectivity index (χ1v) is 8.83. The maximum absolute atomic E-state index is 12.1. The second-order valence-corrected chi connectivity index (χ2v) is 6.33. The highest BCUT2D eigenvalue weighted by Crippen LogP contribution is 2.25. The zero-order valence-corrected chi connectivity index (χ0v) is 14.6. The highest BCUT2D eigenvalue weighted by molar-refractivity contribution is 5.90. The number of aromatic nitrogens is 2. The number of benzene rings is 1. The van der Waals surface area contributed by atoms with Crippen LogP contribution in [0, 0.1) is 6.92 Å². The third kappa shape index (κ3) is 5.32. The predicted molar refractivity (Wildman–Crippen MR) is 95.7 cm³/mol. The normalized spacial score (nSPS) is 15.1. The number of hydrogen-bond donors (Lipinski definition) is 1. The van der Waals surface area contributed by atoms with E-state index >= 15 is 0 Å². The lowest BCUT2D eigenvalue weighted by Crippen LogP contribution is -2.26. The largest absolute Gasteiger partial charge is 0.490 e. The molecule has 1 aromatic carbocycles. The van der Waals surface area contributed by atoms with Gasteiger partial charge in [-0.25, -0.2) is 0 Å². The number of aryl methyl sites for hydroxylation is 2. The maximum Gasteiger partial charge on any atom is 0.224 e. The number of anilines is 1. The van der Waals surface area contributed by atoms with Gasteiger partial charge in [-0.3, -0.25) is 9.48 Å². The molecule has 25 heavy (non-hydrogen) atoms. The monoisotopic (exact) mass is 343 g/mol. The van der Waals surface area contributed by atoms with Gasteiger partial charge in [-0.15, -0.1) is 0 Å². The Balaban J connectivity index is 1.47. The lowest BCUT2D eigenvalue weighted by Gasteiger charge is -2.24. The van der Waals surface area contributed by atoms with E-state index < -0.39 is 0 Å². The summed E-state index contributed by atoms with van der Waals surface area (Å²) in [6.45, 7) is 4.27. The van der Waals surface area contributed by atoms with Gasteiger partial charge < -0.3 is 14.8 Å². The summed E-state index contributed by atoms with van der Waals surface area (Å²) >= 11 is 0. The second kappa shape index (κ2) is 8.67. The molecule has 1 N–H and O–H groups in total. The van der Waals surface area contributed by atoms with Gasteiger partial charge in [0.1, 0.15) is 11.9 Å². The minimum atomic E-state index is 0.0182. The molecule has 0 atom stereocenters. The quantitative estimate of drug-likeness (QED) is 0.839. The molecule has 3 rings (SSSR count). The Hall–Kier alpha value is -2.34. The fraction of sp³-hybridized carbons (Fsp3) is 0.474. The number of nitrogens with zero attached hydrogens (tertiary/aromatic N) is 2. The molecule has 134 valence electrons. The van der Waals surface area contributed by atoms with E-state index in [2.05, 4.69) is 10.4 Å². The van der Waals surface area contributed by atoms with E-state index in [0.717, 1.165) is 56.0 Å². The van der Waals surface area contributed by atoms with Crippen molar-refractivity contribution in [2.75, 3.05) is 18.5 Å². The average molecular weight is 343 g/mol. The van der Waals surface area contributed by atoms with Gasteiger partial charge in [0.2, 0.25) is 5.91 Å². The van der Waals surface area contributed by atoms with Crippen LogP contribution in [0.5, 0.6) is 5.75 Å². The average Bonchev–Trinajstić information content (AvgIpc) is 3.12. The predicted octanol–water partition coefficient (Wildman–Crippen LogP) is 3.17. The van der Waals surface area contributed by atoms with Crippen LogP contribution in [-0.4, -0.2) is 35.0 Å². The van der Waals surface area contributed by atoms with Crippen molar-refractivity contribution in [1.29, 1.82) is 0 Å². The molecule has 2 heterocycles. The van der Waals surface area contributed by atoms with Crippen LogP contribution in [0.25, 0.3) is 0 Å². The van der Waals surface area contributed by atoms with Crippen LogP contribution in [0.15, 0.2) is 36.7 Å². The van der Waals surface area contributed by atoms with Gasteiger partial charge in [0.05, 0.1) is 13.2 Å². The molecule has 0 spiro atoms. The second-order valence-electron chi connectivity index (χ2n) is 6.33. The van der Waals surface area contributed by atoms with Crippen LogP contribution in [0.3, 0.4) is 0 Å². The van der Waals surface area contributed by atoms with Crippen molar-refractivity contribution in [2.45, 2.75) is 45.3 Å². The fourth-order valence-corrected chi connectivity index (χ4v) is 2.89. The Morgan fingerprint density at radius 2 is 2.24 bits per heavy atom. The Morgan fingerprint density at radius 1 is 1.40 bits per heavy atom. The number of rotatable bonds is 7. The zero-order valence-electron chi connectivity index (χ0n) is 14.6. The van der Waals surface area contributed by atoms with Gasteiger partial charge in [0, 0.05) is 43.9 Å². The van der Waals surface area contributed by atoms with E-state index in [1.807, 2.05) is 42.1 Å². The van der Waals surface area contributed by atoms with E-state index in [0.29, 0.717) is 6.42 Å². The molecule has 1 aliphatic heterocycles. The summed E-state index contributed by atoms with van der Waals surface area (Å²) in [5.41, 5.74) is 1.83. The summed E-state index contributed by atoms with van der Waals surface area (Å²) in [5.74, 6) is 0.897. The lowest BCUT2D eigenvalue weighted by molar-refractivity contribution is -0.116. The SMILES string of the molecule is Cc1cc(NC(=O)CCCn2cccn2)ccc1OC1CCOCC1. The first-order valence-electron chi connectivity index (χ1n) is 8.83. The number of amides is 1. The molecular formula is C19H25N3O3. The highest BCUT2D eigenvalue weighted by Gasteiger charge is 2.16. The molecule has 0 aliphatic carbocycles. The van der Waals surface area contributed by atoms with Gasteiger partial charge in [0.25, 0.3) is 0 Å².